The third kappa shape index (κ3) is 4.52. The molecule has 20 heavy (non-hydrogen) atoms. The molecule has 0 saturated carbocycles. The van der Waals surface area contributed by atoms with Crippen LogP contribution in [0.25, 0.3) is 0 Å². The van der Waals surface area contributed by atoms with Crippen LogP contribution in [0.1, 0.15) is 13.3 Å². The van der Waals surface area contributed by atoms with Gasteiger partial charge in [-0.3, -0.25) is 0 Å². The molecule has 1 aromatic rings. The first kappa shape index (κ1) is 15.9. The lowest BCUT2D eigenvalue weighted by Gasteiger charge is -2.13. The maximum Gasteiger partial charge on any atom is 0.326 e. The predicted octanol–water partition coefficient (Wildman–Crippen LogP) is 0.319. The van der Waals surface area contributed by atoms with Crippen LogP contribution in [0.3, 0.4) is 0 Å². The molecule has 5 N–H and O–H groups in total. The molecule has 0 heterocycles. The van der Waals surface area contributed by atoms with Crippen molar-refractivity contribution >= 4 is 27.7 Å². The number of carbonyl (C=O) groups is 2. The van der Waals surface area contributed by atoms with E-state index in [0.717, 1.165) is 0 Å². The van der Waals surface area contributed by atoms with Gasteiger partial charge in [0.2, 0.25) is 10.0 Å². The zero-order chi connectivity index (χ0) is 15.3. The Morgan fingerprint density at radius 3 is 2.25 bits per heavy atom. The fraction of sp³-hybridized carbons (Fsp3) is 0.273. The van der Waals surface area contributed by atoms with Gasteiger partial charge in [-0.2, -0.15) is 0 Å². The van der Waals surface area contributed by atoms with Gasteiger partial charge in [0.05, 0.1) is 4.90 Å². The summed E-state index contributed by atoms with van der Waals surface area (Å²) in [7, 11) is -3.79. The summed E-state index contributed by atoms with van der Waals surface area (Å²) in [5.74, 6) is -1.13. The number of nitrogens with one attached hydrogen (secondary N) is 2. The van der Waals surface area contributed by atoms with Crippen LogP contribution < -0.4 is 15.8 Å². The molecular weight excluding hydrogens is 286 g/mol. The van der Waals surface area contributed by atoms with E-state index in [1.165, 1.54) is 24.3 Å². The molecule has 1 atom stereocenters. The molecule has 0 aliphatic heterocycles. The first-order chi connectivity index (χ1) is 9.24. The highest BCUT2D eigenvalue weighted by atomic mass is 32.2. The largest absolute Gasteiger partial charge is 0.480 e. The van der Waals surface area contributed by atoms with Crippen molar-refractivity contribution in [1.82, 2.24) is 5.32 Å². The summed E-state index contributed by atoms with van der Waals surface area (Å²) < 4.78 is 22.1. The number of nitrogens with two attached hydrogens (primary N) is 1. The second-order valence-corrected chi connectivity index (χ2v) is 5.53. The molecule has 0 fully saturated rings. The Balaban J connectivity index is 2.70. The summed E-state index contributed by atoms with van der Waals surface area (Å²) in [4.78, 5) is 22.2. The lowest BCUT2D eigenvalue weighted by atomic mass is 10.2. The molecular formula is C11H15N3O5S. The summed E-state index contributed by atoms with van der Waals surface area (Å²) >= 11 is 0. The molecule has 9 heteroatoms. The van der Waals surface area contributed by atoms with E-state index in [0.29, 0.717) is 5.69 Å². The minimum Gasteiger partial charge on any atom is -0.480 e. The highest BCUT2D eigenvalue weighted by molar-refractivity contribution is 7.89. The number of benzene rings is 1. The Morgan fingerprint density at radius 2 is 1.85 bits per heavy atom. The highest BCUT2D eigenvalue weighted by Crippen LogP contribution is 2.12. The molecule has 1 unspecified atom stereocenters. The number of sulfonamides is 1. The molecule has 110 valence electrons. The van der Waals surface area contributed by atoms with Crippen molar-refractivity contribution in [2.75, 3.05) is 5.32 Å². The SMILES string of the molecule is CCC(NC(=O)Nc1ccc(S(N)(=O)=O)cc1)C(=O)O. The highest BCUT2D eigenvalue weighted by Gasteiger charge is 2.17. The van der Waals surface area contributed by atoms with Gasteiger partial charge in [-0.15, -0.1) is 0 Å². The fourth-order valence-corrected chi connectivity index (χ4v) is 1.91. The third-order valence-electron chi connectivity index (χ3n) is 2.45. The molecule has 1 aromatic carbocycles. The number of primary sulfonamides is 1. The Bertz CT molecular complexity index is 597. The van der Waals surface area contributed by atoms with Crippen LogP contribution in [0.5, 0.6) is 0 Å². The van der Waals surface area contributed by atoms with Crippen LogP contribution in [0.2, 0.25) is 0 Å². The van der Waals surface area contributed by atoms with Crippen LogP contribution in [-0.2, 0) is 14.8 Å². The van der Waals surface area contributed by atoms with E-state index in [1.54, 1.807) is 6.92 Å². The Morgan fingerprint density at radius 1 is 1.30 bits per heavy atom. The van der Waals surface area contributed by atoms with Crippen LogP contribution in [-0.4, -0.2) is 31.6 Å². The number of anilines is 1. The monoisotopic (exact) mass is 301 g/mol. The van der Waals surface area contributed by atoms with Crippen molar-refractivity contribution in [2.24, 2.45) is 5.14 Å². The number of rotatable bonds is 5. The van der Waals surface area contributed by atoms with Crippen LogP contribution in [0.4, 0.5) is 10.5 Å². The van der Waals surface area contributed by atoms with E-state index < -0.39 is 28.1 Å². The lowest BCUT2D eigenvalue weighted by molar-refractivity contribution is -0.139. The van der Waals surface area contributed by atoms with Gasteiger partial charge in [0.25, 0.3) is 0 Å². The second-order valence-electron chi connectivity index (χ2n) is 3.97. The summed E-state index contributed by atoms with van der Waals surface area (Å²) in [5, 5.41) is 18.4. The average molecular weight is 301 g/mol. The van der Waals surface area contributed by atoms with Crippen molar-refractivity contribution < 1.29 is 23.1 Å². The maximum absolute atomic E-state index is 11.5. The zero-order valence-electron chi connectivity index (χ0n) is 10.7. The minimum absolute atomic E-state index is 0.0829. The first-order valence-electron chi connectivity index (χ1n) is 5.67. The summed E-state index contributed by atoms with van der Waals surface area (Å²) in [5.41, 5.74) is 0.315. The molecule has 0 bridgehead atoms. The molecule has 0 aromatic heterocycles. The van der Waals surface area contributed by atoms with Crippen LogP contribution in [0, 0.1) is 0 Å². The average Bonchev–Trinajstić information content (AvgIpc) is 2.35. The second kappa shape index (κ2) is 6.35. The van der Waals surface area contributed by atoms with Gasteiger partial charge in [-0.25, -0.2) is 23.1 Å². The molecule has 0 radical (unpaired) electrons. The van der Waals surface area contributed by atoms with E-state index in [2.05, 4.69) is 10.6 Å². The van der Waals surface area contributed by atoms with Gasteiger partial charge in [-0.05, 0) is 30.7 Å². The Labute approximate surface area is 116 Å². The van der Waals surface area contributed by atoms with E-state index in [9.17, 15) is 18.0 Å². The van der Waals surface area contributed by atoms with Gasteiger partial charge in [0, 0.05) is 5.69 Å². The minimum atomic E-state index is -3.79. The number of carboxylic acid groups (broad SMARTS) is 1. The number of urea groups is 1. The summed E-state index contributed by atoms with van der Waals surface area (Å²) in [6.07, 6.45) is 0.243. The quantitative estimate of drug-likeness (QED) is 0.620. The van der Waals surface area contributed by atoms with Crippen molar-refractivity contribution in [3.63, 3.8) is 0 Å². The molecule has 8 nitrogen and oxygen atoms in total. The number of carboxylic acids is 1. The van der Waals surface area contributed by atoms with Crippen LogP contribution in [0.15, 0.2) is 29.2 Å². The fourth-order valence-electron chi connectivity index (χ4n) is 1.39. The normalized spacial score (nSPS) is 12.5. The predicted molar refractivity (Wildman–Crippen MR) is 71.7 cm³/mol. The standard InChI is InChI=1S/C11H15N3O5S/c1-2-9(10(15)16)14-11(17)13-7-3-5-8(6-4-7)20(12,18)19/h3-6,9H,2H2,1H3,(H,15,16)(H2,12,18,19)(H2,13,14,17). The zero-order valence-corrected chi connectivity index (χ0v) is 11.5. The van der Waals surface area contributed by atoms with E-state index in [1.807, 2.05) is 0 Å². The number of amides is 2. The number of carbonyl (C=O) groups excluding carboxylic acids is 1. The van der Waals surface area contributed by atoms with E-state index >= 15 is 0 Å². The third-order valence-corrected chi connectivity index (χ3v) is 3.38. The van der Waals surface area contributed by atoms with Gasteiger partial charge in [0.1, 0.15) is 6.04 Å². The topological polar surface area (TPSA) is 139 Å². The van der Waals surface area contributed by atoms with Crippen molar-refractivity contribution in [3.05, 3.63) is 24.3 Å². The van der Waals surface area contributed by atoms with Gasteiger partial charge in [0.15, 0.2) is 0 Å². The van der Waals surface area contributed by atoms with Crippen molar-refractivity contribution in [1.29, 1.82) is 0 Å². The molecule has 1 rings (SSSR count). The Hall–Kier alpha value is -2.13. The van der Waals surface area contributed by atoms with Crippen molar-refractivity contribution in [2.45, 2.75) is 24.3 Å². The van der Waals surface area contributed by atoms with E-state index in [-0.39, 0.29) is 11.3 Å². The summed E-state index contributed by atoms with van der Waals surface area (Å²) in [6.45, 7) is 1.62. The molecule has 0 aliphatic rings. The van der Waals surface area contributed by atoms with E-state index in [4.69, 9.17) is 10.2 Å². The van der Waals surface area contributed by atoms with Gasteiger partial charge < -0.3 is 15.7 Å². The number of aliphatic carboxylic acids is 1. The number of hydrogen-bond donors (Lipinski definition) is 4. The van der Waals surface area contributed by atoms with Crippen LogP contribution >= 0.6 is 0 Å². The van der Waals surface area contributed by atoms with Gasteiger partial charge in [-0.1, -0.05) is 6.92 Å². The van der Waals surface area contributed by atoms with Gasteiger partial charge >= 0.3 is 12.0 Å². The molecule has 2 amide bonds. The summed E-state index contributed by atoms with van der Waals surface area (Å²) in [6, 6.07) is 3.49. The molecule has 0 aliphatic carbocycles. The maximum atomic E-state index is 11.5. The molecule has 0 saturated heterocycles. The van der Waals surface area contributed by atoms with Crippen molar-refractivity contribution in [3.8, 4) is 0 Å². The number of hydrogen-bond acceptors (Lipinski definition) is 4. The smallest absolute Gasteiger partial charge is 0.326 e. The first-order valence-corrected chi connectivity index (χ1v) is 7.22. The Kier molecular flexibility index (Phi) is 5.06. The molecule has 0 spiro atoms. The lowest BCUT2D eigenvalue weighted by Crippen LogP contribution is -2.42.